The van der Waals surface area contributed by atoms with Crippen molar-refractivity contribution in [3.05, 3.63) is 22.8 Å². The van der Waals surface area contributed by atoms with Crippen LogP contribution in [0.3, 0.4) is 0 Å². The van der Waals surface area contributed by atoms with Crippen molar-refractivity contribution in [3.63, 3.8) is 0 Å². The predicted octanol–water partition coefficient (Wildman–Crippen LogP) is 5.57. The molecule has 1 aliphatic carbocycles. The molecule has 0 bridgehead atoms. The van der Waals surface area contributed by atoms with Gasteiger partial charge < -0.3 is 14.2 Å². The summed E-state index contributed by atoms with van der Waals surface area (Å²) in [5.74, 6) is 0.341. The highest BCUT2D eigenvalue weighted by Gasteiger charge is 2.28. The molecule has 26 heavy (non-hydrogen) atoms. The molecule has 0 aliphatic heterocycles. The van der Waals surface area contributed by atoms with Gasteiger partial charge >= 0.3 is 5.97 Å². The van der Waals surface area contributed by atoms with Crippen molar-refractivity contribution in [2.45, 2.75) is 58.7 Å². The second-order valence-electron chi connectivity index (χ2n) is 7.21. The number of ether oxygens (including phenoxy) is 3. The van der Waals surface area contributed by atoms with Gasteiger partial charge in [-0.15, -0.1) is 11.3 Å². The molecular formula is C20H25FO4S. The third-order valence-corrected chi connectivity index (χ3v) is 5.73. The number of thiophene rings is 1. The molecule has 0 saturated heterocycles. The normalized spacial score (nSPS) is 20.4. The minimum absolute atomic E-state index is 0.0539. The molecule has 2 atom stereocenters. The molecular weight excluding hydrogens is 355 g/mol. The Morgan fingerprint density at radius 1 is 1.31 bits per heavy atom. The molecule has 142 valence electrons. The Morgan fingerprint density at radius 2 is 2.08 bits per heavy atom. The van der Waals surface area contributed by atoms with Gasteiger partial charge in [0.2, 0.25) is 0 Å². The van der Waals surface area contributed by atoms with Crippen LogP contribution in [0, 0.1) is 11.7 Å². The van der Waals surface area contributed by atoms with Crippen molar-refractivity contribution in [1.29, 1.82) is 0 Å². The van der Waals surface area contributed by atoms with Crippen LogP contribution in [0.1, 0.15) is 56.1 Å². The van der Waals surface area contributed by atoms with E-state index in [1.54, 1.807) is 19.9 Å². The van der Waals surface area contributed by atoms with Gasteiger partial charge in [0.1, 0.15) is 0 Å². The molecule has 3 rings (SSSR count). The third kappa shape index (κ3) is 3.95. The Morgan fingerprint density at radius 3 is 2.73 bits per heavy atom. The predicted molar refractivity (Wildman–Crippen MR) is 101 cm³/mol. The van der Waals surface area contributed by atoms with Crippen molar-refractivity contribution < 1.29 is 23.4 Å². The van der Waals surface area contributed by atoms with Gasteiger partial charge in [-0.3, -0.25) is 0 Å². The first-order chi connectivity index (χ1) is 12.4. The van der Waals surface area contributed by atoms with Gasteiger partial charge in [0.25, 0.3) is 0 Å². The van der Waals surface area contributed by atoms with E-state index in [2.05, 4.69) is 6.92 Å². The Hall–Kier alpha value is -1.82. The van der Waals surface area contributed by atoms with E-state index in [9.17, 15) is 9.18 Å². The first kappa shape index (κ1) is 19.0. The molecule has 1 aliphatic rings. The molecule has 0 spiro atoms. The SMILES string of the molecule is COc1cc2c(OC3CCCC(C)C3)c(C(=O)OC(C)C)sc2cc1F. The number of halogens is 1. The van der Waals surface area contributed by atoms with E-state index < -0.39 is 11.8 Å². The Balaban J connectivity index is 2.04. The average molecular weight is 380 g/mol. The van der Waals surface area contributed by atoms with E-state index in [1.807, 2.05) is 0 Å². The van der Waals surface area contributed by atoms with Crippen LogP contribution >= 0.6 is 11.3 Å². The van der Waals surface area contributed by atoms with Crippen LogP contribution in [-0.4, -0.2) is 25.3 Å². The van der Waals surface area contributed by atoms with Crippen LogP contribution in [0.15, 0.2) is 12.1 Å². The molecule has 1 aromatic heterocycles. The average Bonchev–Trinajstić information content (AvgIpc) is 2.91. The first-order valence-corrected chi connectivity index (χ1v) is 9.88. The van der Waals surface area contributed by atoms with E-state index >= 15 is 0 Å². The summed E-state index contributed by atoms with van der Waals surface area (Å²) in [5.41, 5.74) is 0. The van der Waals surface area contributed by atoms with Crippen LogP contribution in [-0.2, 0) is 4.74 Å². The quantitative estimate of drug-likeness (QED) is 0.636. The summed E-state index contributed by atoms with van der Waals surface area (Å²) >= 11 is 1.20. The lowest BCUT2D eigenvalue weighted by Crippen LogP contribution is -2.24. The number of hydrogen-bond donors (Lipinski definition) is 0. The number of carbonyl (C=O) groups excluding carboxylic acids is 1. The first-order valence-electron chi connectivity index (χ1n) is 9.06. The highest BCUT2D eigenvalue weighted by Crippen LogP contribution is 2.43. The molecule has 1 saturated carbocycles. The topological polar surface area (TPSA) is 44.8 Å². The number of benzene rings is 1. The van der Waals surface area contributed by atoms with Gasteiger partial charge in [-0.1, -0.05) is 13.3 Å². The summed E-state index contributed by atoms with van der Waals surface area (Å²) in [6.45, 7) is 5.82. The lowest BCUT2D eigenvalue weighted by molar-refractivity contribution is 0.0375. The van der Waals surface area contributed by atoms with Gasteiger partial charge in [-0.05, 0) is 51.2 Å². The lowest BCUT2D eigenvalue weighted by atomic mass is 9.88. The zero-order chi connectivity index (χ0) is 18.8. The molecule has 1 heterocycles. The molecule has 1 fully saturated rings. The number of hydrogen-bond acceptors (Lipinski definition) is 5. The van der Waals surface area contributed by atoms with Crippen molar-refractivity contribution in [2.75, 3.05) is 7.11 Å². The molecule has 2 unspecified atom stereocenters. The van der Waals surface area contributed by atoms with Gasteiger partial charge in [0.05, 0.1) is 19.3 Å². The highest BCUT2D eigenvalue weighted by atomic mass is 32.1. The summed E-state index contributed by atoms with van der Waals surface area (Å²) in [7, 11) is 1.42. The fourth-order valence-corrected chi connectivity index (χ4v) is 4.43. The number of methoxy groups -OCH3 is 1. The molecule has 1 aromatic carbocycles. The van der Waals surface area contributed by atoms with E-state index in [0.717, 1.165) is 19.3 Å². The Bertz CT molecular complexity index is 799. The van der Waals surface area contributed by atoms with Crippen molar-refractivity contribution >= 4 is 27.4 Å². The van der Waals surface area contributed by atoms with E-state index in [1.165, 1.54) is 30.9 Å². The summed E-state index contributed by atoms with van der Waals surface area (Å²) < 4.78 is 31.5. The second kappa shape index (κ2) is 7.82. The van der Waals surface area contributed by atoms with E-state index in [0.29, 0.717) is 26.6 Å². The summed E-state index contributed by atoms with van der Waals surface area (Å²) in [4.78, 5) is 13.0. The molecule has 0 radical (unpaired) electrons. The molecule has 0 amide bonds. The fourth-order valence-electron chi connectivity index (χ4n) is 3.40. The Labute approximate surface area is 157 Å². The van der Waals surface area contributed by atoms with Crippen molar-refractivity contribution in [3.8, 4) is 11.5 Å². The molecule has 0 N–H and O–H groups in total. The highest BCUT2D eigenvalue weighted by molar-refractivity contribution is 7.21. The number of carbonyl (C=O) groups is 1. The largest absolute Gasteiger partial charge is 0.494 e. The monoisotopic (exact) mass is 380 g/mol. The molecule has 4 nitrogen and oxygen atoms in total. The minimum atomic E-state index is -0.456. The molecule has 6 heteroatoms. The zero-order valence-electron chi connectivity index (χ0n) is 15.6. The molecule has 2 aromatic rings. The third-order valence-electron chi connectivity index (χ3n) is 4.62. The summed E-state index contributed by atoms with van der Waals surface area (Å²) in [6, 6.07) is 3.00. The van der Waals surface area contributed by atoms with Crippen LogP contribution in [0.4, 0.5) is 4.39 Å². The second-order valence-corrected chi connectivity index (χ2v) is 8.26. The maximum Gasteiger partial charge on any atom is 0.352 e. The van der Waals surface area contributed by atoms with Gasteiger partial charge in [0.15, 0.2) is 22.2 Å². The summed E-state index contributed by atoms with van der Waals surface area (Å²) in [6.07, 6.45) is 4.04. The number of rotatable bonds is 5. The standard InChI is InChI=1S/C20H25FO4S/c1-11(2)24-20(22)19-18(25-13-7-5-6-12(3)8-13)14-9-16(23-4)15(21)10-17(14)26-19/h9-13H,5-8H2,1-4H3. The smallest absolute Gasteiger partial charge is 0.352 e. The maximum absolute atomic E-state index is 14.1. The van der Waals surface area contributed by atoms with Crippen LogP contribution in [0.2, 0.25) is 0 Å². The number of esters is 1. The van der Waals surface area contributed by atoms with Crippen LogP contribution in [0.25, 0.3) is 10.1 Å². The van der Waals surface area contributed by atoms with Gasteiger partial charge in [0, 0.05) is 10.1 Å². The van der Waals surface area contributed by atoms with E-state index in [4.69, 9.17) is 14.2 Å². The number of fused-ring (bicyclic) bond motifs is 1. The van der Waals surface area contributed by atoms with Gasteiger partial charge in [-0.2, -0.15) is 0 Å². The minimum Gasteiger partial charge on any atom is -0.494 e. The lowest BCUT2D eigenvalue weighted by Gasteiger charge is -2.27. The maximum atomic E-state index is 14.1. The zero-order valence-corrected chi connectivity index (χ0v) is 16.5. The van der Waals surface area contributed by atoms with Crippen LogP contribution < -0.4 is 9.47 Å². The fraction of sp³-hybridized carbons (Fsp3) is 0.550. The summed E-state index contributed by atoms with van der Waals surface area (Å²) in [5, 5.41) is 0.696. The van der Waals surface area contributed by atoms with Crippen molar-refractivity contribution in [2.24, 2.45) is 5.92 Å². The van der Waals surface area contributed by atoms with Crippen molar-refractivity contribution in [1.82, 2.24) is 0 Å². The van der Waals surface area contributed by atoms with Gasteiger partial charge in [-0.25, -0.2) is 9.18 Å². The van der Waals surface area contributed by atoms with E-state index in [-0.39, 0.29) is 18.0 Å². The van der Waals surface area contributed by atoms with Crippen LogP contribution in [0.5, 0.6) is 11.5 Å². The Kier molecular flexibility index (Phi) is 5.70.